The lowest BCUT2D eigenvalue weighted by Crippen LogP contribution is -2.38. The Hall–Kier alpha value is -1.13. The first-order valence-corrected chi connectivity index (χ1v) is 6.65. The molecular formula is C14H23ClN2O2. The minimum atomic E-state index is 0.115. The Morgan fingerprint density at radius 1 is 1.05 bits per heavy atom. The minimum Gasteiger partial charge on any atom is -0.495 e. The first kappa shape index (κ1) is 15.9. The first-order chi connectivity index (χ1) is 8.87. The van der Waals surface area contributed by atoms with E-state index in [0.717, 1.165) is 18.8 Å². The summed E-state index contributed by atoms with van der Waals surface area (Å²) in [5, 5.41) is 7.26. The molecule has 0 heterocycles. The number of benzene rings is 1. The van der Waals surface area contributed by atoms with Gasteiger partial charge in [0.2, 0.25) is 0 Å². The van der Waals surface area contributed by atoms with Crippen molar-refractivity contribution in [3.63, 3.8) is 0 Å². The topological polar surface area (TPSA) is 42.5 Å². The van der Waals surface area contributed by atoms with E-state index in [9.17, 15) is 0 Å². The first-order valence-electron chi connectivity index (χ1n) is 6.28. The van der Waals surface area contributed by atoms with Crippen LogP contribution in [0.5, 0.6) is 11.5 Å². The van der Waals surface area contributed by atoms with Gasteiger partial charge in [0, 0.05) is 30.8 Å². The highest BCUT2D eigenvalue weighted by Crippen LogP contribution is 2.35. The van der Waals surface area contributed by atoms with Gasteiger partial charge in [-0.1, -0.05) is 11.6 Å². The van der Waals surface area contributed by atoms with E-state index >= 15 is 0 Å². The van der Waals surface area contributed by atoms with Gasteiger partial charge in [-0.15, -0.1) is 0 Å². The number of anilines is 1. The van der Waals surface area contributed by atoms with Crippen LogP contribution in [0, 0.1) is 0 Å². The maximum absolute atomic E-state index is 6.06. The molecule has 0 aliphatic carbocycles. The molecule has 108 valence electrons. The predicted octanol–water partition coefficient (Wildman–Crippen LogP) is 3.16. The van der Waals surface area contributed by atoms with E-state index in [0.29, 0.717) is 16.5 Å². The molecule has 0 saturated carbocycles. The predicted molar refractivity (Wildman–Crippen MR) is 80.8 cm³/mol. The van der Waals surface area contributed by atoms with Crippen molar-refractivity contribution >= 4 is 17.3 Å². The van der Waals surface area contributed by atoms with Gasteiger partial charge in [-0.2, -0.15) is 0 Å². The maximum Gasteiger partial charge on any atom is 0.143 e. The molecule has 0 aliphatic heterocycles. The Balaban J connectivity index is 2.66. The fraction of sp³-hybridized carbons (Fsp3) is 0.571. The van der Waals surface area contributed by atoms with E-state index in [2.05, 4.69) is 31.4 Å². The Bertz CT molecular complexity index is 417. The quantitative estimate of drug-likeness (QED) is 0.789. The molecule has 0 fully saturated rings. The standard InChI is InChI=1S/C14H23ClN2O2/c1-14(2,3)17-7-6-16-11-9-12(18-4)10(15)8-13(11)19-5/h8-9,16-17H,6-7H2,1-5H3. The second-order valence-electron chi connectivity index (χ2n) is 5.29. The van der Waals surface area contributed by atoms with Crippen LogP contribution in [0.3, 0.4) is 0 Å². The number of nitrogens with one attached hydrogen (secondary N) is 2. The van der Waals surface area contributed by atoms with E-state index in [-0.39, 0.29) is 5.54 Å². The summed E-state index contributed by atoms with van der Waals surface area (Å²) < 4.78 is 10.5. The van der Waals surface area contributed by atoms with E-state index < -0.39 is 0 Å². The van der Waals surface area contributed by atoms with Crippen molar-refractivity contribution in [2.75, 3.05) is 32.6 Å². The average molecular weight is 287 g/mol. The smallest absolute Gasteiger partial charge is 0.143 e. The average Bonchev–Trinajstić information content (AvgIpc) is 2.34. The van der Waals surface area contributed by atoms with Crippen LogP contribution in [0.1, 0.15) is 20.8 Å². The summed E-state index contributed by atoms with van der Waals surface area (Å²) in [4.78, 5) is 0. The molecule has 0 spiro atoms. The second-order valence-corrected chi connectivity index (χ2v) is 5.70. The number of hydrogen-bond donors (Lipinski definition) is 2. The molecule has 5 heteroatoms. The van der Waals surface area contributed by atoms with Gasteiger partial charge in [0.05, 0.1) is 24.9 Å². The van der Waals surface area contributed by atoms with Gasteiger partial charge in [0.1, 0.15) is 11.5 Å². The third-order valence-electron chi connectivity index (χ3n) is 2.57. The van der Waals surface area contributed by atoms with E-state index in [1.54, 1.807) is 20.3 Å². The van der Waals surface area contributed by atoms with Crippen molar-refractivity contribution in [2.24, 2.45) is 0 Å². The Kier molecular flexibility index (Phi) is 5.76. The molecule has 1 aromatic carbocycles. The summed E-state index contributed by atoms with van der Waals surface area (Å²) in [6, 6.07) is 3.60. The minimum absolute atomic E-state index is 0.115. The molecular weight excluding hydrogens is 264 g/mol. The third kappa shape index (κ3) is 5.17. The molecule has 0 unspecified atom stereocenters. The molecule has 19 heavy (non-hydrogen) atoms. The van der Waals surface area contributed by atoms with Crippen LogP contribution < -0.4 is 20.1 Å². The van der Waals surface area contributed by atoms with Crippen LogP contribution in [0.2, 0.25) is 5.02 Å². The van der Waals surface area contributed by atoms with Gasteiger partial charge >= 0.3 is 0 Å². The van der Waals surface area contributed by atoms with Gasteiger partial charge in [-0.05, 0) is 20.8 Å². The largest absolute Gasteiger partial charge is 0.495 e. The van der Waals surface area contributed by atoms with Gasteiger partial charge in [-0.25, -0.2) is 0 Å². The van der Waals surface area contributed by atoms with Crippen LogP contribution >= 0.6 is 11.6 Å². The zero-order chi connectivity index (χ0) is 14.5. The summed E-state index contributed by atoms with van der Waals surface area (Å²) in [6.07, 6.45) is 0. The van der Waals surface area contributed by atoms with Gasteiger partial charge in [0.25, 0.3) is 0 Å². The second kappa shape index (κ2) is 6.87. The summed E-state index contributed by atoms with van der Waals surface area (Å²) in [5.74, 6) is 1.34. The summed E-state index contributed by atoms with van der Waals surface area (Å²) in [7, 11) is 3.22. The molecule has 4 nitrogen and oxygen atoms in total. The SMILES string of the molecule is COc1cc(NCCNC(C)(C)C)c(OC)cc1Cl. The monoisotopic (exact) mass is 286 g/mol. The van der Waals surface area contributed by atoms with Crippen molar-refractivity contribution in [1.82, 2.24) is 5.32 Å². The number of ether oxygens (including phenoxy) is 2. The number of hydrogen-bond acceptors (Lipinski definition) is 4. The summed E-state index contributed by atoms with van der Waals surface area (Å²) in [6.45, 7) is 8.06. The van der Waals surface area contributed by atoms with Gasteiger partial charge < -0.3 is 20.1 Å². The molecule has 0 atom stereocenters. The Labute approximate surface area is 120 Å². The van der Waals surface area contributed by atoms with Crippen LogP contribution in [0.25, 0.3) is 0 Å². The molecule has 2 N–H and O–H groups in total. The fourth-order valence-corrected chi connectivity index (χ4v) is 1.86. The zero-order valence-corrected chi connectivity index (χ0v) is 13.0. The molecule has 1 aromatic rings. The van der Waals surface area contributed by atoms with E-state index in [1.807, 2.05) is 6.07 Å². The highest BCUT2D eigenvalue weighted by molar-refractivity contribution is 6.32. The fourth-order valence-electron chi connectivity index (χ4n) is 1.63. The maximum atomic E-state index is 6.06. The van der Waals surface area contributed by atoms with Crippen molar-refractivity contribution in [3.05, 3.63) is 17.2 Å². The number of methoxy groups -OCH3 is 2. The van der Waals surface area contributed by atoms with Crippen LogP contribution in [0.15, 0.2) is 12.1 Å². The third-order valence-corrected chi connectivity index (χ3v) is 2.87. The van der Waals surface area contributed by atoms with Crippen LogP contribution in [-0.2, 0) is 0 Å². The lowest BCUT2D eigenvalue weighted by molar-refractivity contribution is 0.404. The number of halogens is 1. The summed E-state index contributed by atoms with van der Waals surface area (Å²) >= 11 is 6.06. The van der Waals surface area contributed by atoms with E-state index in [4.69, 9.17) is 21.1 Å². The Morgan fingerprint density at radius 2 is 1.68 bits per heavy atom. The summed E-state index contributed by atoms with van der Waals surface area (Å²) in [5.41, 5.74) is 0.989. The highest BCUT2D eigenvalue weighted by Gasteiger charge is 2.10. The normalized spacial score (nSPS) is 11.3. The molecule has 0 aliphatic rings. The molecule has 0 saturated heterocycles. The van der Waals surface area contributed by atoms with E-state index in [1.165, 1.54) is 0 Å². The molecule has 0 amide bonds. The van der Waals surface area contributed by atoms with Crippen LogP contribution in [0.4, 0.5) is 5.69 Å². The Morgan fingerprint density at radius 3 is 2.21 bits per heavy atom. The van der Waals surface area contributed by atoms with Gasteiger partial charge in [-0.3, -0.25) is 0 Å². The molecule has 1 rings (SSSR count). The number of rotatable bonds is 6. The van der Waals surface area contributed by atoms with Gasteiger partial charge in [0.15, 0.2) is 0 Å². The zero-order valence-electron chi connectivity index (χ0n) is 12.3. The molecule has 0 radical (unpaired) electrons. The lowest BCUT2D eigenvalue weighted by atomic mass is 10.1. The van der Waals surface area contributed by atoms with Crippen LogP contribution in [-0.4, -0.2) is 32.8 Å². The highest BCUT2D eigenvalue weighted by atomic mass is 35.5. The van der Waals surface area contributed by atoms with Crippen molar-refractivity contribution in [3.8, 4) is 11.5 Å². The lowest BCUT2D eigenvalue weighted by Gasteiger charge is -2.21. The molecule has 0 aromatic heterocycles. The molecule has 0 bridgehead atoms. The van der Waals surface area contributed by atoms with Crippen molar-refractivity contribution < 1.29 is 9.47 Å². The van der Waals surface area contributed by atoms with Crippen molar-refractivity contribution in [2.45, 2.75) is 26.3 Å². The van der Waals surface area contributed by atoms with Crippen molar-refractivity contribution in [1.29, 1.82) is 0 Å².